The van der Waals surface area contributed by atoms with Crippen LogP contribution in [0.2, 0.25) is 0 Å². The number of carboxylic acids is 2. The van der Waals surface area contributed by atoms with Crippen LogP contribution in [0.1, 0.15) is 16.7 Å². The lowest BCUT2D eigenvalue weighted by molar-refractivity contribution is -0.139. The van der Waals surface area contributed by atoms with Crippen molar-refractivity contribution in [2.45, 2.75) is 31.5 Å². The minimum atomic E-state index is -4.51. The van der Waals surface area contributed by atoms with Crippen molar-refractivity contribution < 1.29 is 51.5 Å². The van der Waals surface area contributed by atoms with Crippen molar-refractivity contribution in [3.05, 3.63) is 98.8 Å². The minimum absolute atomic E-state index is 0. The van der Waals surface area contributed by atoms with E-state index < -0.39 is 34.4 Å². The predicted octanol–water partition coefficient (Wildman–Crippen LogP) is 9.91. The van der Waals surface area contributed by atoms with E-state index in [1.165, 1.54) is 0 Å². The summed E-state index contributed by atoms with van der Waals surface area (Å²) in [5.74, 6) is 0.600. The molecule has 54 heavy (non-hydrogen) atoms. The SMILES string of the molecule is I.II.NC(Cc1cc(I)c(Oc2ccc(COS(=O)(=O)O)c(I)c2)c(I)c1)C(=O)O.NC(Cc1cc(I)c(Oc2ccc(O)c(I)c2)c(I)c1)C(=O)O. The fourth-order valence-corrected chi connectivity index (χ4v) is 9.61. The van der Waals surface area contributed by atoms with Crippen molar-refractivity contribution in [3.63, 3.8) is 0 Å². The molecule has 23 heteroatoms. The zero-order valence-electron chi connectivity index (χ0n) is 26.7. The molecule has 0 aromatic heterocycles. The van der Waals surface area contributed by atoms with Crippen molar-refractivity contribution in [2.75, 3.05) is 0 Å². The van der Waals surface area contributed by atoms with Crippen LogP contribution >= 0.6 is 197 Å². The zero-order valence-corrected chi connectivity index (χ0v) is 47.1. The van der Waals surface area contributed by atoms with Crippen molar-refractivity contribution >= 4 is 219 Å². The van der Waals surface area contributed by atoms with Crippen LogP contribution in [-0.2, 0) is 43.6 Å². The molecule has 0 bridgehead atoms. The normalized spacial score (nSPS) is 11.8. The van der Waals surface area contributed by atoms with Gasteiger partial charge >= 0.3 is 22.3 Å². The van der Waals surface area contributed by atoms with Gasteiger partial charge in [0.25, 0.3) is 0 Å². The van der Waals surface area contributed by atoms with Gasteiger partial charge in [-0.05, 0) is 220 Å². The summed E-state index contributed by atoms with van der Waals surface area (Å²) in [5.41, 5.74) is 13.4. The highest BCUT2D eigenvalue weighted by molar-refractivity contribution is 15.0. The highest BCUT2D eigenvalue weighted by Gasteiger charge is 2.18. The maximum Gasteiger partial charge on any atom is 0.397 e. The lowest BCUT2D eigenvalue weighted by Crippen LogP contribution is -2.32. The number of hydrogen-bond acceptors (Lipinski definition) is 10. The Morgan fingerprint density at radius 3 is 1.35 bits per heavy atom. The Balaban J connectivity index is 0.000000515. The third-order valence-corrected chi connectivity index (χ3v) is 11.9. The maximum atomic E-state index is 10.9. The van der Waals surface area contributed by atoms with Crippen LogP contribution in [0.4, 0.5) is 0 Å². The molecule has 0 radical (unpaired) electrons. The molecular formula is C31H27I9N2O11S. The molecule has 0 fully saturated rings. The third kappa shape index (κ3) is 18.5. The number of carboxylic acid groups (broad SMARTS) is 2. The first kappa shape index (κ1) is 53.6. The molecule has 0 aliphatic carbocycles. The van der Waals surface area contributed by atoms with E-state index in [9.17, 15) is 23.1 Å². The standard InChI is InChI=1S/C16H14I3NO7S.C15H12I3NO4.I2.HI/c17-11-6-10(2-1-9(11)7-26-28(23,24)25)27-15-12(18)3-8(4-13(15)19)5-14(20)16(21)22;16-9-6-8(1-2-13(9)20)23-14-10(17)3-7(4-11(14)18)5-12(19)15(21)22;1-2;/h1-4,6,14H,5,7,20H2,(H,21,22)(H,23,24,25);1-4,6,12,20H,5,19H2,(H,21,22);;1H. The van der Waals surface area contributed by atoms with Gasteiger partial charge in [-0.15, -0.1) is 24.0 Å². The summed E-state index contributed by atoms with van der Waals surface area (Å²) in [6.45, 7) is -0.287. The number of rotatable bonds is 13. The molecule has 0 heterocycles. The fraction of sp³-hybridized carbons (Fsp3) is 0.161. The fourth-order valence-electron chi connectivity index (χ4n) is 3.97. The number of ether oxygens (including phenoxy) is 2. The van der Waals surface area contributed by atoms with Crippen LogP contribution < -0.4 is 20.9 Å². The average Bonchev–Trinajstić information content (AvgIpc) is 3.06. The van der Waals surface area contributed by atoms with Gasteiger partial charge < -0.3 is 36.3 Å². The first-order valence-corrected chi connectivity index (χ1v) is 28.2. The molecule has 0 amide bonds. The van der Waals surface area contributed by atoms with E-state index in [1.54, 1.807) is 36.4 Å². The van der Waals surface area contributed by atoms with Gasteiger partial charge in [0.05, 0.1) is 24.5 Å². The summed E-state index contributed by atoms with van der Waals surface area (Å²) in [7, 11) is -4.51. The highest BCUT2D eigenvalue weighted by atomic mass is 128. The Labute approximate surface area is 433 Å². The summed E-state index contributed by atoms with van der Waals surface area (Å²) in [4.78, 5) is 21.8. The molecule has 4 aromatic rings. The summed E-state index contributed by atoms with van der Waals surface area (Å²) >= 11 is 16.8. The topological polar surface area (TPSA) is 229 Å². The minimum Gasteiger partial charge on any atom is -0.507 e. The third-order valence-electron chi connectivity index (χ3n) is 6.41. The Bertz CT molecular complexity index is 2000. The molecule has 4 aromatic carbocycles. The van der Waals surface area contributed by atoms with Crippen LogP contribution in [0.3, 0.4) is 0 Å². The van der Waals surface area contributed by atoms with E-state index in [-0.39, 0.29) is 49.2 Å². The number of phenols is 1. The molecule has 296 valence electrons. The first-order chi connectivity index (χ1) is 24.7. The monoisotopic (exact) mass is 1780 g/mol. The number of carbonyl (C=O) groups is 2. The van der Waals surface area contributed by atoms with Gasteiger partial charge in [0.15, 0.2) is 11.5 Å². The highest BCUT2D eigenvalue weighted by Crippen LogP contribution is 2.36. The molecule has 0 aliphatic heterocycles. The van der Waals surface area contributed by atoms with E-state index in [4.69, 9.17) is 35.7 Å². The smallest absolute Gasteiger partial charge is 0.397 e. The van der Waals surface area contributed by atoms with Crippen LogP contribution in [0, 0.1) is 21.4 Å². The largest absolute Gasteiger partial charge is 0.507 e. The summed E-state index contributed by atoms with van der Waals surface area (Å²) < 4.78 is 51.0. The molecule has 2 unspecified atom stereocenters. The van der Waals surface area contributed by atoms with E-state index in [0.29, 0.717) is 35.7 Å². The van der Waals surface area contributed by atoms with Crippen LogP contribution in [0.25, 0.3) is 0 Å². The molecule has 0 saturated heterocycles. The van der Waals surface area contributed by atoms with E-state index in [2.05, 4.69) is 132 Å². The van der Waals surface area contributed by atoms with Gasteiger partial charge in [0, 0.05) is 40.8 Å². The van der Waals surface area contributed by atoms with Gasteiger partial charge in [-0.2, -0.15) is 8.42 Å². The van der Waals surface area contributed by atoms with E-state index >= 15 is 0 Å². The van der Waals surface area contributed by atoms with E-state index in [0.717, 1.165) is 25.4 Å². The molecule has 8 N–H and O–H groups in total. The molecule has 0 aliphatic rings. The van der Waals surface area contributed by atoms with E-state index in [1.807, 2.05) is 69.4 Å². The molecule has 4 rings (SSSR count). The Morgan fingerprint density at radius 2 is 1.02 bits per heavy atom. The predicted molar refractivity (Wildman–Crippen MR) is 282 cm³/mol. The quantitative estimate of drug-likeness (QED) is 0.0542. The number of hydrogen-bond donors (Lipinski definition) is 6. The van der Waals surface area contributed by atoms with Gasteiger partial charge in [-0.1, -0.05) is 6.07 Å². The second kappa shape index (κ2) is 26.0. The number of aromatic hydroxyl groups is 1. The van der Waals surface area contributed by atoms with Crippen molar-refractivity contribution in [1.82, 2.24) is 0 Å². The molecular weight excluding hydrogens is 1750 g/mol. The van der Waals surface area contributed by atoms with Crippen molar-refractivity contribution in [1.29, 1.82) is 0 Å². The molecule has 0 saturated carbocycles. The molecule has 0 spiro atoms. The summed E-state index contributed by atoms with van der Waals surface area (Å²) in [5, 5.41) is 27.4. The number of phenolic OH excluding ortho intramolecular Hbond substituents is 1. The van der Waals surface area contributed by atoms with Gasteiger partial charge in [0.2, 0.25) is 0 Å². The Kier molecular flexibility index (Phi) is 25.8. The van der Waals surface area contributed by atoms with Gasteiger partial charge in [-0.25, -0.2) is 4.18 Å². The van der Waals surface area contributed by atoms with Crippen LogP contribution in [0.5, 0.6) is 28.7 Å². The second-order valence-corrected chi connectivity index (χ2v) is 18.4. The number of aliphatic carboxylic acids is 2. The second-order valence-electron chi connectivity index (χ2n) is 10.3. The Morgan fingerprint density at radius 1 is 0.648 bits per heavy atom. The average molecular weight is 1780 g/mol. The lowest BCUT2D eigenvalue weighted by Gasteiger charge is -2.14. The lowest BCUT2D eigenvalue weighted by atomic mass is 10.1. The number of nitrogens with two attached hydrogens (primary N) is 2. The summed E-state index contributed by atoms with van der Waals surface area (Å²) in [6.07, 6.45) is 0.473. The molecule has 13 nitrogen and oxygen atoms in total. The zero-order chi connectivity index (χ0) is 40.2. The molecule has 2 atom stereocenters. The van der Waals surface area contributed by atoms with Crippen LogP contribution in [-0.4, -0.2) is 52.3 Å². The maximum absolute atomic E-state index is 10.9. The van der Waals surface area contributed by atoms with Crippen LogP contribution in [0.15, 0.2) is 60.7 Å². The van der Waals surface area contributed by atoms with Gasteiger partial charge in [-0.3, -0.25) is 14.1 Å². The Hall–Kier alpha value is 1.58. The first-order valence-electron chi connectivity index (χ1n) is 14.1. The summed E-state index contributed by atoms with van der Waals surface area (Å²) in [6, 6.07) is 15.5. The van der Waals surface area contributed by atoms with Gasteiger partial charge in [0.1, 0.15) is 29.3 Å². The number of benzene rings is 4. The number of halogens is 9. The van der Waals surface area contributed by atoms with Crippen molar-refractivity contribution in [3.8, 4) is 28.7 Å². The van der Waals surface area contributed by atoms with Crippen molar-refractivity contribution in [2.24, 2.45) is 11.5 Å².